The van der Waals surface area contributed by atoms with E-state index in [4.69, 9.17) is 14.5 Å². The van der Waals surface area contributed by atoms with Gasteiger partial charge in [0.1, 0.15) is 12.2 Å². The number of halogens is 1. The lowest BCUT2D eigenvalue weighted by Crippen LogP contribution is -2.46. The number of hydrogen-bond acceptors (Lipinski definition) is 4. The van der Waals surface area contributed by atoms with Gasteiger partial charge in [-0.3, -0.25) is 4.79 Å². The molecule has 0 aliphatic carbocycles. The fourth-order valence-electron chi connectivity index (χ4n) is 4.15. The highest BCUT2D eigenvalue weighted by molar-refractivity contribution is 14.0. The molecule has 0 unspecified atom stereocenters. The first-order valence-corrected chi connectivity index (χ1v) is 11.1. The van der Waals surface area contributed by atoms with Crippen LogP contribution in [0.3, 0.4) is 0 Å². The van der Waals surface area contributed by atoms with E-state index in [9.17, 15) is 4.79 Å². The summed E-state index contributed by atoms with van der Waals surface area (Å²) in [6.07, 6.45) is 3.54. The molecule has 1 amide bonds. The molecule has 0 aromatic heterocycles. The minimum Gasteiger partial charge on any atom is -0.488 e. The lowest BCUT2D eigenvalue weighted by molar-refractivity contribution is -0.121. The summed E-state index contributed by atoms with van der Waals surface area (Å²) in [6.45, 7) is 10.0. The highest BCUT2D eigenvalue weighted by atomic mass is 127. The molecule has 31 heavy (non-hydrogen) atoms. The number of likely N-dealkylation sites (tertiary alicyclic amines) is 1. The molecule has 1 fully saturated rings. The molecule has 7 nitrogen and oxygen atoms in total. The first-order chi connectivity index (χ1) is 14.4. The van der Waals surface area contributed by atoms with Crippen molar-refractivity contribution in [2.24, 2.45) is 10.9 Å². The average Bonchev–Trinajstić information content (AvgIpc) is 3.05. The molecule has 2 heterocycles. The molecule has 0 saturated carbocycles. The van der Waals surface area contributed by atoms with Crippen molar-refractivity contribution in [2.45, 2.75) is 52.1 Å². The smallest absolute Gasteiger partial charge is 0.220 e. The molecule has 2 aliphatic rings. The van der Waals surface area contributed by atoms with Crippen LogP contribution < -0.4 is 20.1 Å². The molecule has 2 aliphatic heterocycles. The van der Waals surface area contributed by atoms with Crippen molar-refractivity contribution >= 4 is 35.8 Å². The normalized spacial score (nSPS) is 17.9. The number of carbonyl (C=O) groups is 1. The maximum Gasteiger partial charge on any atom is 0.220 e. The van der Waals surface area contributed by atoms with Crippen LogP contribution in [0.15, 0.2) is 23.2 Å². The second kappa shape index (κ2) is 11.8. The molecule has 174 valence electrons. The second-order valence-corrected chi connectivity index (χ2v) is 8.67. The van der Waals surface area contributed by atoms with Crippen molar-refractivity contribution in [3.8, 4) is 11.5 Å². The van der Waals surface area contributed by atoms with Gasteiger partial charge < -0.3 is 25.0 Å². The maximum absolute atomic E-state index is 11.6. The fraction of sp³-hybridized carbons (Fsp3) is 0.652. The number of nitrogens with one attached hydrogen (secondary N) is 2. The van der Waals surface area contributed by atoms with Crippen molar-refractivity contribution < 1.29 is 14.3 Å². The number of benzene rings is 1. The van der Waals surface area contributed by atoms with Crippen molar-refractivity contribution in [3.63, 3.8) is 0 Å². The molecule has 3 rings (SSSR count). The summed E-state index contributed by atoms with van der Waals surface area (Å²) in [7, 11) is 1.70. The Morgan fingerprint density at radius 2 is 2.06 bits per heavy atom. The second-order valence-electron chi connectivity index (χ2n) is 8.67. The third-order valence-electron chi connectivity index (χ3n) is 5.67. The predicted octanol–water partition coefficient (Wildman–Crippen LogP) is 3.21. The summed E-state index contributed by atoms with van der Waals surface area (Å²) in [5.74, 6) is 3.18. The van der Waals surface area contributed by atoms with Crippen LogP contribution in [0.25, 0.3) is 0 Å². The number of carbonyl (C=O) groups excluding carboxylic acids is 1. The molecular formula is C23H37IN4O3. The van der Waals surface area contributed by atoms with E-state index < -0.39 is 0 Å². The Balaban J connectivity index is 0.00000341. The standard InChI is InChI=1S/C23H36N4O3.HI/c1-5-25-22(27-12-9-17(10-13-27)15-20(28)24-4)26-11-14-29-19-8-6-7-18-16-23(2,3)30-21(18)19;/h6-8,17H,5,9-16H2,1-4H3,(H,24,28)(H,25,26);1H. The van der Waals surface area contributed by atoms with Crippen LogP contribution in [-0.2, 0) is 11.2 Å². The summed E-state index contributed by atoms with van der Waals surface area (Å²) < 4.78 is 12.1. The Kier molecular flexibility index (Phi) is 9.71. The highest BCUT2D eigenvalue weighted by Crippen LogP contribution is 2.41. The van der Waals surface area contributed by atoms with Crippen LogP contribution in [0, 0.1) is 5.92 Å². The van der Waals surface area contributed by atoms with Crippen LogP contribution in [0.4, 0.5) is 0 Å². The van der Waals surface area contributed by atoms with E-state index in [1.54, 1.807) is 7.05 Å². The zero-order valence-electron chi connectivity index (χ0n) is 19.2. The van der Waals surface area contributed by atoms with Gasteiger partial charge in [0, 0.05) is 45.1 Å². The zero-order valence-corrected chi connectivity index (χ0v) is 21.5. The number of hydrogen-bond donors (Lipinski definition) is 2. The Hall–Kier alpha value is -1.71. The minimum absolute atomic E-state index is 0. The van der Waals surface area contributed by atoms with E-state index in [2.05, 4.69) is 42.4 Å². The molecule has 2 N–H and O–H groups in total. The molecule has 1 aromatic carbocycles. The monoisotopic (exact) mass is 544 g/mol. The first-order valence-electron chi connectivity index (χ1n) is 11.1. The number of ether oxygens (including phenoxy) is 2. The lowest BCUT2D eigenvalue weighted by atomic mass is 9.93. The molecule has 1 aromatic rings. The number of para-hydroxylation sites is 1. The molecule has 0 spiro atoms. The summed E-state index contributed by atoms with van der Waals surface area (Å²) in [5, 5.41) is 6.11. The third-order valence-corrected chi connectivity index (χ3v) is 5.67. The van der Waals surface area contributed by atoms with E-state index >= 15 is 0 Å². The van der Waals surface area contributed by atoms with Gasteiger partial charge in [0.2, 0.25) is 5.91 Å². The molecular weight excluding hydrogens is 507 g/mol. The quantitative estimate of drug-likeness (QED) is 0.239. The van der Waals surface area contributed by atoms with Gasteiger partial charge in [-0.15, -0.1) is 24.0 Å². The van der Waals surface area contributed by atoms with Crippen LogP contribution in [0.2, 0.25) is 0 Å². The van der Waals surface area contributed by atoms with Crippen LogP contribution in [0.5, 0.6) is 11.5 Å². The van der Waals surface area contributed by atoms with Gasteiger partial charge in [-0.05, 0) is 45.6 Å². The van der Waals surface area contributed by atoms with E-state index in [1.165, 1.54) is 5.56 Å². The summed E-state index contributed by atoms with van der Waals surface area (Å²) in [4.78, 5) is 18.7. The van der Waals surface area contributed by atoms with Gasteiger partial charge in [0.25, 0.3) is 0 Å². The largest absolute Gasteiger partial charge is 0.488 e. The Bertz CT molecular complexity index is 761. The third kappa shape index (κ3) is 7.15. The van der Waals surface area contributed by atoms with E-state index in [1.807, 2.05) is 12.1 Å². The Morgan fingerprint density at radius 1 is 1.32 bits per heavy atom. The van der Waals surface area contributed by atoms with Gasteiger partial charge in [-0.2, -0.15) is 0 Å². The van der Waals surface area contributed by atoms with Crippen LogP contribution >= 0.6 is 24.0 Å². The van der Waals surface area contributed by atoms with Gasteiger partial charge in [-0.1, -0.05) is 12.1 Å². The van der Waals surface area contributed by atoms with Crippen molar-refractivity contribution in [3.05, 3.63) is 23.8 Å². The minimum atomic E-state index is -0.178. The van der Waals surface area contributed by atoms with Gasteiger partial charge >= 0.3 is 0 Å². The van der Waals surface area contributed by atoms with Gasteiger partial charge in [0.15, 0.2) is 17.5 Å². The summed E-state index contributed by atoms with van der Waals surface area (Å²) in [6, 6.07) is 6.09. The first kappa shape index (κ1) is 25.5. The number of fused-ring (bicyclic) bond motifs is 1. The Labute approximate surface area is 203 Å². The van der Waals surface area contributed by atoms with Crippen molar-refractivity contribution in [2.75, 3.05) is 39.8 Å². The molecule has 1 saturated heterocycles. The van der Waals surface area contributed by atoms with E-state index in [0.717, 1.165) is 56.4 Å². The van der Waals surface area contributed by atoms with E-state index in [0.29, 0.717) is 25.5 Å². The predicted molar refractivity (Wildman–Crippen MR) is 135 cm³/mol. The van der Waals surface area contributed by atoms with Crippen molar-refractivity contribution in [1.29, 1.82) is 0 Å². The maximum atomic E-state index is 11.6. The number of aliphatic imine (C=N–C) groups is 1. The van der Waals surface area contributed by atoms with Crippen LogP contribution in [0.1, 0.15) is 45.6 Å². The number of nitrogens with zero attached hydrogens (tertiary/aromatic N) is 2. The SMILES string of the molecule is CCNC(=NCCOc1cccc2c1OC(C)(C)C2)N1CCC(CC(=O)NC)CC1.I. The molecule has 8 heteroatoms. The van der Waals surface area contributed by atoms with Crippen LogP contribution in [-0.4, -0.2) is 62.2 Å². The molecule has 0 bridgehead atoms. The average molecular weight is 544 g/mol. The fourth-order valence-corrected chi connectivity index (χ4v) is 4.15. The summed E-state index contributed by atoms with van der Waals surface area (Å²) in [5.41, 5.74) is 1.02. The number of amides is 1. The lowest BCUT2D eigenvalue weighted by Gasteiger charge is -2.34. The Morgan fingerprint density at radius 3 is 2.74 bits per heavy atom. The van der Waals surface area contributed by atoms with Gasteiger partial charge in [-0.25, -0.2) is 4.99 Å². The zero-order chi connectivity index (χ0) is 21.6. The highest BCUT2D eigenvalue weighted by Gasteiger charge is 2.32. The molecule has 0 atom stereocenters. The van der Waals surface area contributed by atoms with Gasteiger partial charge in [0.05, 0.1) is 6.54 Å². The van der Waals surface area contributed by atoms with E-state index in [-0.39, 0.29) is 35.5 Å². The summed E-state index contributed by atoms with van der Waals surface area (Å²) >= 11 is 0. The van der Waals surface area contributed by atoms with Crippen molar-refractivity contribution in [1.82, 2.24) is 15.5 Å². The topological polar surface area (TPSA) is 75.2 Å². The number of guanidine groups is 1. The molecule has 0 radical (unpaired) electrons. The number of rotatable bonds is 7. The number of piperidine rings is 1.